The van der Waals surface area contributed by atoms with Crippen LogP contribution < -0.4 is 10.0 Å². The number of hydrogen-bond acceptors (Lipinski definition) is 4. The third kappa shape index (κ3) is 3.86. The summed E-state index contributed by atoms with van der Waals surface area (Å²) < 4.78 is 30.7. The van der Waals surface area contributed by atoms with Crippen LogP contribution in [-0.4, -0.2) is 15.5 Å². The summed E-state index contributed by atoms with van der Waals surface area (Å²) in [6.45, 7) is 4.73. The highest BCUT2D eigenvalue weighted by atomic mass is 32.2. The SMILES string of the molecule is CNS(=O)(=O)c1ccc(CNc2ccc(C(C)C)cc2)o1. The number of sulfonamides is 1. The first kappa shape index (κ1) is 15.6. The minimum Gasteiger partial charge on any atom is -0.446 e. The third-order valence-corrected chi connectivity index (χ3v) is 4.50. The van der Waals surface area contributed by atoms with Crippen molar-refractivity contribution >= 4 is 15.7 Å². The molecule has 0 amide bonds. The van der Waals surface area contributed by atoms with Gasteiger partial charge in [0.25, 0.3) is 10.0 Å². The van der Waals surface area contributed by atoms with Crippen LogP contribution in [0.1, 0.15) is 31.1 Å². The van der Waals surface area contributed by atoms with Gasteiger partial charge in [-0.15, -0.1) is 0 Å². The van der Waals surface area contributed by atoms with Gasteiger partial charge in [0.15, 0.2) is 0 Å². The van der Waals surface area contributed by atoms with Crippen LogP contribution in [-0.2, 0) is 16.6 Å². The number of furan rings is 1. The molecule has 0 radical (unpaired) electrons. The number of hydrogen-bond donors (Lipinski definition) is 2. The van der Waals surface area contributed by atoms with Gasteiger partial charge in [-0.25, -0.2) is 13.1 Å². The Morgan fingerprint density at radius 2 is 1.76 bits per heavy atom. The minimum absolute atomic E-state index is 0.0723. The Morgan fingerprint density at radius 3 is 2.33 bits per heavy atom. The summed E-state index contributed by atoms with van der Waals surface area (Å²) in [4.78, 5) is 0. The standard InChI is InChI=1S/C15H20N2O3S/c1-11(2)12-4-6-13(7-5-12)17-10-14-8-9-15(20-14)21(18,19)16-3/h4-9,11,16-17H,10H2,1-3H3. The molecule has 0 saturated carbocycles. The second-order valence-corrected chi connectivity index (χ2v) is 6.88. The Balaban J connectivity index is 2.00. The lowest BCUT2D eigenvalue weighted by atomic mass is 10.0. The van der Waals surface area contributed by atoms with Crippen LogP contribution in [0.25, 0.3) is 0 Å². The van der Waals surface area contributed by atoms with Crippen molar-refractivity contribution in [3.05, 3.63) is 47.7 Å². The Labute approximate surface area is 125 Å². The van der Waals surface area contributed by atoms with E-state index >= 15 is 0 Å². The van der Waals surface area contributed by atoms with E-state index < -0.39 is 10.0 Å². The topological polar surface area (TPSA) is 71.3 Å². The smallest absolute Gasteiger partial charge is 0.273 e. The van der Waals surface area contributed by atoms with E-state index in [1.165, 1.54) is 18.7 Å². The minimum atomic E-state index is -3.52. The molecule has 2 N–H and O–H groups in total. The molecule has 5 nitrogen and oxygen atoms in total. The van der Waals surface area contributed by atoms with Gasteiger partial charge < -0.3 is 9.73 Å². The predicted molar refractivity (Wildman–Crippen MR) is 82.8 cm³/mol. The second-order valence-electron chi connectivity index (χ2n) is 5.06. The average Bonchev–Trinajstić information content (AvgIpc) is 2.95. The van der Waals surface area contributed by atoms with E-state index in [2.05, 4.69) is 36.0 Å². The molecular weight excluding hydrogens is 288 g/mol. The van der Waals surface area contributed by atoms with Crippen molar-refractivity contribution in [1.82, 2.24) is 4.72 Å². The number of rotatable bonds is 6. The summed E-state index contributed by atoms with van der Waals surface area (Å²) in [5.74, 6) is 1.06. The first-order valence-electron chi connectivity index (χ1n) is 6.78. The lowest BCUT2D eigenvalue weighted by molar-refractivity contribution is 0.417. The van der Waals surface area contributed by atoms with Crippen molar-refractivity contribution in [3.8, 4) is 0 Å². The summed E-state index contributed by atoms with van der Waals surface area (Å²) in [7, 11) is -2.17. The molecule has 2 rings (SSSR count). The molecule has 0 unspecified atom stereocenters. The van der Waals surface area contributed by atoms with Gasteiger partial charge in [0.1, 0.15) is 5.76 Å². The average molecular weight is 308 g/mol. The number of anilines is 1. The quantitative estimate of drug-likeness (QED) is 0.860. The van der Waals surface area contributed by atoms with Crippen molar-refractivity contribution in [1.29, 1.82) is 0 Å². The van der Waals surface area contributed by atoms with Crippen LogP contribution >= 0.6 is 0 Å². The molecular formula is C15H20N2O3S. The first-order valence-corrected chi connectivity index (χ1v) is 8.27. The summed E-state index contributed by atoms with van der Waals surface area (Å²) in [6, 6.07) is 11.3. The molecule has 0 bridgehead atoms. The van der Waals surface area contributed by atoms with Crippen molar-refractivity contribution in [2.24, 2.45) is 0 Å². The molecule has 0 aliphatic rings. The molecule has 0 atom stereocenters. The highest BCUT2D eigenvalue weighted by Gasteiger charge is 2.16. The molecule has 0 aliphatic heterocycles. The van der Waals surface area contributed by atoms with Crippen molar-refractivity contribution in [3.63, 3.8) is 0 Å². The van der Waals surface area contributed by atoms with E-state index in [1.807, 2.05) is 12.1 Å². The molecule has 1 aromatic heterocycles. The fourth-order valence-electron chi connectivity index (χ4n) is 1.87. The number of nitrogens with one attached hydrogen (secondary N) is 2. The van der Waals surface area contributed by atoms with Gasteiger partial charge in [0.05, 0.1) is 6.54 Å². The normalized spacial score (nSPS) is 11.8. The summed E-state index contributed by atoms with van der Waals surface area (Å²) >= 11 is 0. The van der Waals surface area contributed by atoms with Crippen molar-refractivity contribution in [2.75, 3.05) is 12.4 Å². The number of benzene rings is 1. The first-order chi connectivity index (χ1) is 9.92. The van der Waals surface area contributed by atoms with Gasteiger partial charge in [-0.05, 0) is 42.8 Å². The maximum Gasteiger partial charge on any atom is 0.273 e. The lowest BCUT2D eigenvalue weighted by Crippen LogP contribution is -2.17. The van der Waals surface area contributed by atoms with Gasteiger partial charge in [0, 0.05) is 5.69 Å². The van der Waals surface area contributed by atoms with Crippen LogP contribution in [0.5, 0.6) is 0 Å². The molecule has 21 heavy (non-hydrogen) atoms. The van der Waals surface area contributed by atoms with Crippen LogP contribution in [0, 0.1) is 0 Å². The predicted octanol–water partition coefficient (Wildman–Crippen LogP) is 2.92. The zero-order valence-electron chi connectivity index (χ0n) is 12.4. The highest BCUT2D eigenvalue weighted by Crippen LogP contribution is 2.19. The van der Waals surface area contributed by atoms with Crippen molar-refractivity contribution < 1.29 is 12.8 Å². The van der Waals surface area contributed by atoms with E-state index in [4.69, 9.17) is 4.42 Å². The van der Waals surface area contributed by atoms with E-state index in [1.54, 1.807) is 6.07 Å². The molecule has 1 aromatic carbocycles. The second kappa shape index (κ2) is 6.32. The Morgan fingerprint density at radius 1 is 1.10 bits per heavy atom. The molecule has 0 saturated heterocycles. The van der Waals surface area contributed by atoms with Gasteiger partial charge in [-0.2, -0.15) is 0 Å². The molecule has 114 valence electrons. The Hall–Kier alpha value is -1.79. The zero-order valence-corrected chi connectivity index (χ0v) is 13.2. The largest absolute Gasteiger partial charge is 0.446 e. The highest BCUT2D eigenvalue weighted by molar-refractivity contribution is 7.89. The van der Waals surface area contributed by atoms with E-state index in [-0.39, 0.29) is 5.09 Å². The fourth-order valence-corrected chi connectivity index (χ4v) is 2.54. The summed E-state index contributed by atoms with van der Waals surface area (Å²) in [5, 5.41) is 3.13. The van der Waals surface area contributed by atoms with E-state index in [9.17, 15) is 8.42 Å². The summed E-state index contributed by atoms with van der Waals surface area (Å²) in [6.07, 6.45) is 0. The molecule has 0 spiro atoms. The van der Waals surface area contributed by atoms with Crippen molar-refractivity contribution in [2.45, 2.75) is 31.4 Å². The Bertz CT molecular complexity index is 688. The summed E-state index contributed by atoms with van der Waals surface area (Å²) in [5.41, 5.74) is 2.25. The molecule has 0 fully saturated rings. The van der Waals surface area contributed by atoms with Crippen LogP contribution in [0.15, 0.2) is 45.9 Å². The van der Waals surface area contributed by atoms with Crippen LogP contribution in [0.4, 0.5) is 5.69 Å². The maximum atomic E-state index is 11.6. The van der Waals surface area contributed by atoms with Gasteiger partial charge >= 0.3 is 0 Å². The van der Waals surface area contributed by atoms with E-state index in [0.717, 1.165) is 5.69 Å². The fraction of sp³-hybridized carbons (Fsp3) is 0.333. The van der Waals surface area contributed by atoms with Gasteiger partial charge in [-0.3, -0.25) is 0 Å². The molecule has 1 heterocycles. The van der Waals surface area contributed by atoms with E-state index in [0.29, 0.717) is 18.2 Å². The van der Waals surface area contributed by atoms with Gasteiger partial charge in [-0.1, -0.05) is 26.0 Å². The monoisotopic (exact) mass is 308 g/mol. The van der Waals surface area contributed by atoms with Gasteiger partial charge in [0.2, 0.25) is 5.09 Å². The zero-order chi connectivity index (χ0) is 15.5. The molecule has 2 aromatic rings. The Kier molecular flexibility index (Phi) is 4.69. The third-order valence-electron chi connectivity index (χ3n) is 3.21. The molecule has 0 aliphatic carbocycles. The van der Waals surface area contributed by atoms with Crippen LogP contribution in [0.2, 0.25) is 0 Å². The molecule has 6 heteroatoms. The maximum absolute atomic E-state index is 11.6. The lowest BCUT2D eigenvalue weighted by Gasteiger charge is -2.08. The van der Waals surface area contributed by atoms with Crippen LogP contribution in [0.3, 0.4) is 0 Å².